The van der Waals surface area contributed by atoms with E-state index in [2.05, 4.69) is 27.5 Å². The van der Waals surface area contributed by atoms with Crippen molar-refractivity contribution in [3.63, 3.8) is 0 Å². The van der Waals surface area contributed by atoms with Crippen LogP contribution < -0.4 is 10.6 Å². The fourth-order valence-corrected chi connectivity index (χ4v) is 3.31. The predicted molar refractivity (Wildman–Crippen MR) is 132 cm³/mol. The van der Waals surface area contributed by atoms with Gasteiger partial charge in [0.1, 0.15) is 0 Å². The van der Waals surface area contributed by atoms with Crippen LogP contribution in [0, 0.1) is 11.8 Å². The van der Waals surface area contributed by atoms with E-state index in [1.165, 1.54) is 6.07 Å². The van der Waals surface area contributed by atoms with Crippen molar-refractivity contribution in [2.75, 3.05) is 10.6 Å². The van der Waals surface area contributed by atoms with Crippen LogP contribution in [0.25, 0.3) is 5.69 Å². The minimum atomic E-state index is -1.28. The van der Waals surface area contributed by atoms with Crippen molar-refractivity contribution in [3.05, 3.63) is 108 Å². The molecule has 0 radical (unpaired) electrons. The first kappa shape index (κ1) is 23.0. The highest BCUT2D eigenvalue weighted by atomic mass is 16.4. The molecule has 35 heavy (non-hydrogen) atoms. The molecule has 3 N–H and O–H groups in total. The van der Waals surface area contributed by atoms with Gasteiger partial charge in [0, 0.05) is 34.8 Å². The number of hydrogen-bond donors (Lipinski definition) is 3. The lowest BCUT2D eigenvalue weighted by Crippen LogP contribution is -2.18. The SMILES string of the molecule is O=C(O)Nc1ccc(C#Cc2ccccc2)cc1NC(=O)CC(=O)c1cccc(-n2ccnc2)c1. The molecule has 0 spiro atoms. The summed E-state index contributed by atoms with van der Waals surface area (Å²) >= 11 is 0. The minimum absolute atomic E-state index is 0.172. The summed E-state index contributed by atoms with van der Waals surface area (Å²) in [6, 6.07) is 20.9. The Bertz CT molecular complexity index is 1440. The molecular weight excluding hydrogens is 444 g/mol. The molecule has 4 aromatic rings. The molecule has 0 bridgehead atoms. The third-order valence-corrected chi connectivity index (χ3v) is 4.95. The molecule has 0 saturated carbocycles. The van der Waals surface area contributed by atoms with Gasteiger partial charge in [-0.1, -0.05) is 42.2 Å². The summed E-state index contributed by atoms with van der Waals surface area (Å²) in [6.07, 6.45) is 3.29. The van der Waals surface area contributed by atoms with Crippen LogP contribution in [-0.4, -0.2) is 32.4 Å². The molecule has 1 heterocycles. The maximum absolute atomic E-state index is 12.7. The molecule has 0 aliphatic heterocycles. The molecule has 0 saturated heterocycles. The van der Waals surface area contributed by atoms with Gasteiger partial charge in [-0.25, -0.2) is 9.78 Å². The average Bonchev–Trinajstić information content (AvgIpc) is 3.40. The largest absolute Gasteiger partial charge is 0.465 e. The molecule has 0 atom stereocenters. The van der Waals surface area contributed by atoms with Crippen molar-refractivity contribution < 1.29 is 19.5 Å². The number of carbonyl (C=O) groups is 3. The minimum Gasteiger partial charge on any atom is -0.465 e. The molecule has 0 aliphatic rings. The number of nitrogens with one attached hydrogen (secondary N) is 2. The molecule has 4 rings (SSSR count). The van der Waals surface area contributed by atoms with Crippen LogP contribution in [0.5, 0.6) is 0 Å². The van der Waals surface area contributed by atoms with Crippen molar-refractivity contribution in [2.45, 2.75) is 6.42 Å². The zero-order chi connectivity index (χ0) is 24.6. The van der Waals surface area contributed by atoms with Gasteiger partial charge >= 0.3 is 6.09 Å². The molecular formula is C27H20N4O4. The van der Waals surface area contributed by atoms with Gasteiger partial charge in [-0.15, -0.1) is 0 Å². The van der Waals surface area contributed by atoms with E-state index in [1.807, 2.05) is 36.4 Å². The molecule has 8 nitrogen and oxygen atoms in total. The standard InChI is InChI=1S/C27H20N4O4/c32-25(21-7-4-8-22(16-21)31-14-13-28-18-31)17-26(33)29-24-15-20(11-12-23(24)30-27(34)35)10-9-19-5-2-1-3-6-19/h1-8,11-16,18,30H,17H2,(H,29,33)(H,34,35). The summed E-state index contributed by atoms with van der Waals surface area (Å²) < 4.78 is 1.75. The number of nitrogens with zero attached hydrogens (tertiary/aromatic N) is 2. The van der Waals surface area contributed by atoms with E-state index >= 15 is 0 Å². The van der Waals surface area contributed by atoms with Gasteiger partial charge in [-0.3, -0.25) is 14.9 Å². The Kier molecular flexibility index (Phi) is 6.99. The van der Waals surface area contributed by atoms with Gasteiger partial charge in [0.05, 0.1) is 24.1 Å². The summed E-state index contributed by atoms with van der Waals surface area (Å²) in [5.74, 6) is 5.05. The van der Waals surface area contributed by atoms with Crippen LogP contribution in [0.4, 0.5) is 16.2 Å². The Morgan fingerprint density at radius 1 is 0.857 bits per heavy atom. The average molecular weight is 464 g/mol. The van der Waals surface area contributed by atoms with Gasteiger partial charge in [-0.05, 0) is 42.5 Å². The number of carbonyl (C=O) groups excluding carboxylic acids is 2. The molecule has 3 aromatic carbocycles. The molecule has 0 fully saturated rings. The molecule has 1 aromatic heterocycles. The number of benzene rings is 3. The number of carboxylic acid groups (broad SMARTS) is 1. The van der Waals surface area contributed by atoms with Gasteiger partial charge in [0.15, 0.2) is 5.78 Å². The van der Waals surface area contributed by atoms with E-state index in [0.717, 1.165) is 11.3 Å². The number of amides is 2. The number of ketones is 1. The smallest absolute Gasteiger partial charge is 0.409 e. The van der Waals surface area contributed by atoms with Crippen molar-refractivity contribution in [2.24, 2.45) is 0 Å². The number of rotatable bonds is 6. The fraction of sp³-hybridized carbons (Fsp3) is 0.0370. The normalized spacial score (nSPS) is 10.1. The van der Waals surface area contributed by atoms with E-state index in [1.54, 1.807) is 53.6 Å². The number of Topliss-reactive ketones (excluding diaryl/α,β-unsaturated/α-hetero) is 1. The first-order valence-electron chi connectivity index (χ1n) is 10.6. The zero-order valence-corrected chi connectivity index (χ0v) is 18.4. The Hall–Kier alpha value is -5.16. The maximum atomic E-state index is 12.7. The van der Waals surface area contributed by atoms with Crippen LogP contribution in [0.2, 0.25) is 0 Å². The second-order valence-corrected chi connectivity index (χ2v) is 7.47. The number of anilines is 2. The molecule has 2 amide bonds. The summed E-state index contributed by atoms with van der Waals surface area (Å²) in [5.41, 5.74) is 2.88. The van der Waals surface area contributed by atoms with Crippen LogP contribution in [0.15, 0.2) is 91.5 Å². The van der Waals surface area contributed by atoms with Crippen LogP contribution in [-0.2, 0) is 4.79 Å². The summed E-state index contributed by atoms with van der Waals surface area (Å²) in [5, 5.41) is 14.0. The third-order valence-electron chi connectivity index (χ3n) is 4.95. The van der Waals surface area contributed by atoms with E-state index in [4.69, 9.17) is 5.11 Å². The second kappa shape index (κ2) is 10.6. The molecule has 0 aliphatic carbocycles. The Labute approximate surface area is 201 Å². The first-order valence-corrected chi connectivity index (χ1v) is 10.6. The number of hydrogen-bond acceptors (Lipinski definition) is 4. The Morgan fingerprint density at radius 2 is 1.66 bits per heavy atom. The summed E-state index contributed by atoms with van der Waals surface area (Å²) in [7, 11) is 0. The lowest BCUT2D eigenvalue weighted by Gasteiger charge is -2.12. The quantitative estimate of drug-likeness (QED) is 0.220. The van der Waals surface area contributed by atoms with Crippen LogP contribution in [0.3, 0.4) is 0 Å². The first-order chi connectivity index (χ1) is 17.0. The Morgan fingerprint density at radius 3 is 2.40 bits per heavy atom. The van der Waals surface area contributed by atoms with Crippen LogP contribution >= 0.6 is 0 Å². The van der Waals surface area contributed by atoms with Gasteiger partial charge in [0.25, 0.3) is 0 Å². The predicted octanol–water partition coefficient (Wildman–Crippen LogP) is 4.57. The van der Waals surface area contributed by atoms with Crippen molar-refractivity contribution in [3.8, 4) is 17.5 Å². The van der Waals surface area contributed by atoms with Gasteiger partial charge in [0.2, 0.25) is 5.91 Å². The third kappa shape index (κ3) is 6.21. The lowest BCUT2D eigenvalue weighted by molar-refractivity contribution is -0.115. The number of imidazole rings is 1. The monoisotopic (exact) mass is 464 g/mol. The molecule has 8 heteroatoms. The van der Waals surface area contributed by atoms with E-state index in [0.29, 0.717) is 11.1 Å². The lowest BCUT2D eigenvalue weighted by atomic mass is 10.1. The van der Waals surface area contributed by atoms with E-state index in [9.17, 15) is 14.4 Å². The Balaban J connectivity index is 1.51. The van der Waals surface area contributed by atoms with Gasteiger partial charge < -0.3 is 15.0 Å². The zero-order valence-electron chi connectivity index (χ0n) is 18.4. The molecule has 172 valence electrons. The van der Waals surface area contributed by atoms with Crippen LogP contribution in [0.1, 0.15) is 27.9 Å². The maximum Gasteiger partial charge on any atom is 0.409 e. The number of aromatic nitrogens is 2. The highest BCUT2D eigenvalue weighted by Crippen LogP contribution is 2.24. The fourth-order valence-electron chi connectivity index (χ4n) is 3.31. The topological polar surface area (TPSA) is 113 Å². The van der Waals surface area contributed by atoms with Crippen molar-refractivity contribution in [1.82, 2.24) is 9.55 Å². The van der Waals surface area contributed by atoms with E-state index in [-0.39, 0.29) is 17.2 Å². The molecule has 0 unspecified atom stereocenters. The summed E-state index contributed by atoms with van der Waals surface area (Å²) in [4.78, 5) is 40.6. The van der Waals surface area contributed by atoms with Crippen molar-refractivity contribution in [1.29, 1.82) is 0 Å². The second-order valence-electron chi connectivity index (χ2n) is 7.47. The van der Waals surface area contributed by atoms with Crippen molar-refractivity contribution >= 4 is 29.2 Å². The summed E-state index contributed by atoms with van der Waals surface area (Å²) in [6.45, 7) is 0. The highest BCUT2D eigenvalue weighted by Gasteiger charge is 2.15. The highest BCUT2D eigenvalue weighted by molar-refractivity contribution is 6.12. The van der Waals surface area contributed by atoms with E-state index < -0.39 is 18.4 Å². The van der Waals surface area contributed by atoms with Gasteiger partial charge in [-0.2, -0.15) is 0 Å².